The average molecular weight is 410 g/mol. The molecule has 0 aliphatic rings. The summed E-state index contributed by atoms with van der Waals surface area (Å²) >= 11 is 0. The molecule has 156 valence electrons. The number of methoxy groups -OCH3 is 3. The highest BCUT2D eigenvalue weighted by molar-refractivity contribution is 6.06. The van der Waals surface area contributed by atoms with E-state index in [4.69, 9.17) is 18.6 Å². The zero-order chi connectivity index (χ0) is 21.7. The van der Waals surface area contributed by atoms with Crippen molar-refractivity contribution in [3.05, 3.63) is 65.6 Å². The van der Waals surface area contributed by atoms with E-state index < -0.39 is 0 Å². The fourth-order valence-electron chi connectivity index (χ4n) is 2.89. The van der Waals surface area contributed by atoms with E-state index in [2.05, 4.69) is 10.6 Å². The first-order valence-corrected chi connectivity index (χ1v) is 9.03. The molecule has 30 heavy (non-hydrogen) atoms. The van der Waals surface area contributed by atoms with Gasteiger partial charge in [0.05, 0.1) is 27.6 Å². The summed E-state index contributed by atoms with van der Waals surface area (Å²) in [5, 5.41) is 5.60. The fourth-order valence-corrected chi connectivity index (χ4v) is 2.89. The zero-order valence-electron chi connectivity index (χ0n) is 17.1. The Balaban J connectivity index is 1.77. The number of aryl methyl sites for hydroxylation is 1. The van der Waals surface area contributed by atoms with Gasteiger partial charge in [0.2, 0.25) is 5.75 Å². The lowest BCUT2D eigenvalue weighted by molar-refractivity contribution is 0.0994. The largest absolute Gasteiger partial charge is 0.493 e. The van der Waals surface area contributed by atoms with Crippen molar-refractivity contribution in [3.63, 3.8) is 0 Å². The normalized spacial score (nSPS) is 10.3. The molecule has 0 unspecified atom stereocenters. The van der Waals surface area contributed by atoms with Crippen LogP contribution in [-0.4, -0.2) is 33.1 Å². The van der Waals surface area contributed by atoms with E-state index in [1.807, 2.05) is 6.92 Å². The van der Waals surface area contributed by atoms with Crippen LogP contribution in [0.3, 0.4) is 0 Å². The van der Waals surface area contributed by atoms with Gasteiger partial charge in [-0.1, -0.05) is 0 Å². The van der Waals surface area contributed by atoms with Gasteiger partial charge in [-0.3, -0.25) is 9.59 Å². The van der Waals surface area contributed by atoms with Crippen LogP contribution in [-0.2, 0) is 0 Å². The summed E-state index contributed by atoms with van der Waals surface area (Å²) in [6.07, 6.45) is 1.43. The SMILES string of the molecule is COc1cc(C(=O)Nc2ccc(NC(=O)c3ccco3)c(C)c2)cc(OC)c1OC. The first-order chi connectivity index (χ1) is 14.5. The van der Waals surface area contributed by atoms with Crippen molar-refractivity contribution >= 4 is 23.2 Å². The molecule has 8 heteroatoms. The van der Waals surface area contributed by atoms with E-state index in [-0.39, 0.29) is 17.6 Å². The van der Waals surface area contributed by atoms with Crippen molar-refractivity contribution in [2.24, 2.45) is 0 Å². The molecule has 8 nitrogen and oxygen atoms in total. The van der Waals surface area contributed by atoms with Crippen molar-refractivity contribution < 1.29 is 28.2 Å². The number of nitrogens with one attached hydrogen (secondary N) is 2. The maximum atomic E-state index is 12.7. The van der Waals surface area contributed by atoms with Gasteiger partial charge in [0.25, 0.3) is 11.8 Å². The van der Waals surface area contributed by atoms with E-state index in [9.17, 15) is 9.59 Å². The van der Waals surface area contributed by atoms with Gasteiger partial charge in [-0.15, -0.1) is 0 Å². The Morgan fingerprint density at radius 1 is 0.867 bits per heavy atom. The Kier molecular flexibility index (Phi) is 6.26. The van der Waals surface area contributed by atoms with Gasteiger partial charge in [-0.05, 0) is 55.0 Å². The number of rotatable bonds is 7. The summed E-state index contributed by atoms with van der Waals surface area (Å²) in [5.74, 6) is 0.694. The highest BCUT2D eigenvalue weighted by Gasteiger charge is 2.17. The lowest BCUT2D eigenvalue weighted by Gasteiger charge is -2.14. The molecule has 3 rings (SSSR count). The van der Waals surface area contributed by atoms with Crippen LogP contribution in [0.25, 0.3) is 0 Å². The average Bonchev–Trinajstić information content (AvgIpc) is 3.29. The van der Waals surface area contributed by atoms with E-state index in [1.54, 1.807) is 42.5 Å². The Hall–Kier alpha value is -3.94. The summed E-state index contributed by atoms with van der Waals surface area (Å²) in [7, 11) is 4.46. The molecule has 0 saturated carbocycles. The van der Waals surface area contributed by atoms with Gasteiger partial charge >= 0.3 is 0 Å². The number of hydrogen-bond donors (Lipinski definition) is 2. The molecule has 2 amide bonds. The van der Waals surface area contributed by atoms with Gasteiger partial charge < -0.3 is 29.3 Å². The van der Waals surface area contributed by atoms with E-state index in [1.165, 1.54) is 27.6 Å². The van der Waals surface area contributed by atoms with E-state index in [0.717, 1.165) is 5.56 Å². The minimum Gasteiger partial charge on any atom is -0.493 e. The number of anilines is 2. The number of carbonyl (C=O) groups excluding carboxylic acids is 2. The molecule has 0 saturated heterocycles. The standard InChI is InChI=1S/C22H22N2O6/c1-13-10-15(7-8-16(13)24-22(26)17-6-5-9-30-17)23-21(25)14-11-18(27-2)20(29-4)19(12-14)28-3/h5-12H,1-4H3,(H,23,25)(H,24,26). The second-order valence-electron chi connectivity index (χ2n) is 6.33. The predicted molar refractivity (Wildman–Crippen MR) is 112 cm³/mol. The van der Waals surface area contributed by atoms with Crippen LogP contribution in [0.2, 0.25) is 0 Å². The second kappa shape index (κ2) is 9.04. The minimum absolute atomic E-state index is 0.217. The van der Waals surface area contributed by atoms with Gasteiger partial charge in [-0.25, -0.2) is 0 Å². The highest BCUT2D eigenvalue weighted by Crippen LogP contribution is 2.38. The van der Waals surface area contributed by atoms with Crippen LogP contribution in [0.1, 0.15) is 26.5 Å². The summed E-state index contributed by atoms with van der Waals surface area (Å²) in [4.78, 5) is 24.9. The molecule has 1 heterocycles. The molecule has 0 aliphatic heterocycles. The van der Waals surface area contributed by atoms with Crippen molar-refractivity contribution in [1.82, 2.24) is 0 Å². The number of furan rings is 1. The lowest BCUT2D eigenvalue weighted by Crippen LogP contribution is -2.14. The Morgan fingerprint density at radius 3 is 2.10 bits per heavy atom. The zero-order valence-corrected chi connectivity index (χ0v) is 17.1. The van der Waals surface area contributed by atoms with Crippen LogP contribution in [0.4, 0.5) is 11.4 Å². The fraction of sp³-hybridized carbons (Fsp3) is 0.182. The number of hydrogen-bond acceptors (Lipinski definition) is 6. The highest BCUT2D eigenvalue weighted by atomic mass is 16.5. The third-order valence-electron chi connectivity index (χ3n) is 4.40. The molecule has 2 N–H and O–H groups in total. The molecule has 0 fully saturated rings. The summed E-state index contributed by atoms with van der Waals surface area (Å²) in [5.41, 5.74) is 2.30. The van der Waals surface area contributed by atoms with Crippen LogP contribution in [0, 0.1) is 6.92 Å². The molecule has 3 aromatic rings. The number of ether oxygens (including phenoxy) is 3. The van der Waals surface area contributed by atoms with Gasteiger partial charge in [0.1, 0.15) is 0 Å². The molecule has 0 radical (unpaired) electrons. The Labute approximate surface area is 173 Å². The smallest absolute Gasteiger partial charge is 0.291 e. The van der Waals surface area contributed by atoms with Crippen molar-refractivity contribution in [1.29, 1.82) is 0 Å². The minimum atomic E-state index is -0.350. The Morgan fingerprint density at radius 2 is 1.57 bits per heavy atom. The molecule has 0 atom stereocenters. The van der Waals surface area contributed by atoms with Crippen LogP contribution >= 0.6 is 0 Å². The third-order valence-corrected chi connectivity index (χ3v) is 4.40. The summed E-state index contributed by atoms with van der Waals surface area (Å²) < 4.78 is 20.9. The summed E-state index contributed by atoms with van der Waals surface area (Å²) in [6.45, 7) is 1.83. The van der Waals surface area contributed by atoms with Gasteiger partial charge in [0.15, 0.2) is 17.3 Å². The predicted octanol–water partition coefficient (Wildman–Crippen LogP) is 4.12. The molecule has 0 spiro atoms. The van der Waals surface area contributed by atoms with Crippen molar-refractivity contribution in [2.75, 3.05) is 32.0 Å². The maximum Gasteiger partial charge on any atom is 0.291 e. The van der Waals surface area contributed by atoms with Gasteiger partial charge in [-0.2, -0.15) is 0 Å². The molecule has 0 bridgehead atoms. The first kappa shape index (κ1) is 20.8. The quantitative estimate of drug-likeness (QED) is 0.608. The Bertz CT molecular complexity index is 1030. The third kappa shape index (κ3) is 4.38. The molecule has 0 aliphatic carbocycles. The van der Waals surface area contributed by atoms with Crippen molar-refractivity contribution in [3.8, 4) is 17.2 Å². The monoisotopic (exact) mass is 410 g/mol. The molecular formula is C22H22N2O6. The molecule has 2 aromatic carbocycles. The lowest BCUT2D eigenvalue weighted by atomic mass is 10.1. The summed E-state index contributed by atoms with van der Waals surface area (Å²) in [6, 6.07) is 11.5. The van der Waals surface area contributed by atoms with E-state index in [0.29, 0.717) is 34.2 Å². The van der Waals surface area contributed by atoms with Crippen LogP contribution < -0.4 is 24.8 Å². The molecule has 1 aromatic heterocycles. The van der Waals surface area contributed by atoms with E-state index >= 15 is 0 Å². The van der Waals surface area contributed by atoms with Crippen molar-refractivity contribution in [2.45, 2.75) is 6.92 Å². The number of benzene rings is 2. The number of carbonyl (C=O) groups is 2. The second-order valence-corrected chi connectivity index (χ2v) is 6.33. The van der Waals surface area contributed by atoms with Crippen LogP contribution in [0.15, 0.2) is 53.1 Å². The van der Waals surface area contributed by atoms with Gasteiger partial charge in [0, 0.05) is 16.9 Å². The maximum absolute atomic E-state index is 12.7. The van der Waals surface area contributed by atoms with Crippen LogP contribution in [0.5, 0.6) is 17.2 Å². The topological polar surface area (TPSA) is 99.0 Å². The molecular weight excluding hydrogens is 388 g/mol. The number of amides is 2. The first-order valence-electron chi connectivity index (χ1n) is 9.03.